The van der Waals surface area contributed by atoms with Crippen molar-refractivity contribution in [2.45, 2.75) is 0 Å². The Bertz CT molecular complexity index is 3890. The summed E-state index contributed by atoms with van der Waals surface area (Å²) in [5.41, 5.74) is 3.93. The van der Waals surface area contributed by atoms with Gasteiger partial charge in [0.1, 0.15) is 0 Å². The van der Waals surface area contributed by atoms with Crippen LogP contribution in [0, 0.1) is 0 Å². The molecule has 4 nitrogen and oxygen atoms in total. The van der Waals surface area contributed by atoms with Gasteiger partial charge in [0.2, 0.25) is 5.95 Å². The van der Waals surface area contributed by atoms with E-state index in [1.807, 2.05) is 0 Å². The summed E-state index contributed by atoms with van der Waals surface area (Å²) in [7, 11) is -9.42. The van der Waals surface area contributed by atoms with Crippen molar-refractivity contribution in [2.24, 2.45) is 0 Å². The Morgan fingerprint density at radius 2 is 0.524 bits per heavy atom. The fourth-order valence-electron chi connectivity index (χ4n) is 13.3. The van der Waals surface area contributed by atoms with Crippen molar-refractivity contribution in [3.8, 4) is 22.8 Å². The Morgan fingerprint density at radius 3 is 0.866 bits per heavy atom. The second kappa shape index (κ2) is 21.6. The molecule has 0 saturated carbocycles. The molecule has 0 spiro atoms. The first kappa shape index (κ1) is 50.3. The summed E-state index contributed by atoms with van der Waals surface area (Å²) < 4.78 is 0. The summed E-state index contributed by atoms with van der Waals surface area (Å²) in [6, 6.07) is 126. The first-order valence-electron chi connectivity index (χ1n) is 28.1. The van der Waals surface area contributed by atoms with Gasteiger partial charge >= 0.3 is 0 Å². The standard InChI is InChI=1S/C75H56N4Si3/c1-10-32-57(33-11-1)73-76-74(78-75(77-73)79-69-50-28-30-52-71(69)82(65-46-24-8-25-47-65,66-48-26-9-27-49-66)72-53-31-29-51-70(72)79)58-54-67(80(59-34-12-2-13-35-59,60-36-14-3-15-37-60)61-38-16-4-17-39-61)56-68(55-58)81(62-40-18-5-19-41-62,63-42-20-6-21-43-63)64-44-22-7-23-45-64/h1-56H. The average Bonchev–Trinajstić information content (AvgIpc) is 3.42. The average molecular weight is 1100 g/mol. The van der Waals surface area contributed by atoms with Crippen LogP contribution in [0.15, 0.2) is 340 Å². The van der Waals surface area contributed by atoms with Crippen molar-refractivity contribution in [1.82, 2.24) is 15.0 Å². The van der Waals surface area contributed by atoms with Crippen molar-refractivity contribution in [3.05, 3.63) is 340 Å². The van der Waals surface area contributed by atoms with Crippen LogP contribution in [-0.4, -0.2) is 39.2 Å². The molecular weight excluding hydrogens is 1040 g/mol. The van der Waals surface area contributed by atoms with E-state index in [9.17, 15) is 0 Å². The molecule has 0 fully saturated rings. The molecule has 2 heterocycles. The van der Waals surface area contributed by atoms with Crippen molar-refractivity contribution in [3.63, 3.8) is 0 Å². The van der Waals surface area contributed by atoms with E-state index in [4.69, 9.17) is 15.0 Å². The van der Waals surface area contributed by atoms with E-state index >= 15 is 0 Å². The molecule has 1 aromatic heterocycles. The van der Waals surface area contributed by atoms with E-state index in [1.54, 1.807) is 0 Å². The molecule has 1 aliphatic heterocycles. The monoisotopic (exact) mass is 1100 g/mol. The van der Waals surface area contributed by atoms with E-state index in [1.165, 1.54) is 62.2 Å². The SMILES string of the molecule is c1ccc(-c2nc(-c3cc([Si](c4ccccc4)(c4ccccc4)c4ccccc4)cc([Si](c4ccccc4)(c4ccccc4)c4ccccc4)c3)nc(N3c4ccccc4[Si](c4ccccc4)(c4ccccc4)c4ccccc43)n2)cc1. The summed E-state index contributed by atoms with van der Waals surface area (Å²) in [4.78, 5) is 19.5. The molecule has 0 bridgehead atoms. The van der Waals surface area contributed by atoms with Crippen molar-refractivity contribution < 1.29 is 0 Å². The highest BCUT2D eigenvalue weighted by Crippen LogP contribution is 2.38. The van der Waals surface area contributed by atoms with Crippen LogP contribution in [0.3, 0.4) is 0 Å². The predicted molar refractivity (Wildman–Crippen MR) is 350 cm³/mol. The molecule has 12 aromatic carbocycles. The molecule has 13 aromatic rings. The molecule has 7 heteroatoms. The van der Waals surface area contributed by atoms with Crippen LogP contribution in [0.1, 0.15) is 0 Å². The van der Waals surface area contributed by atoms with Gasteiger partial charge in [-0.15, -0.1) is 0 Å². The third kappa shape index (κ3) is 8.36. The lowest BCUT2D eigenvalue weighted by Gasteiger charge is -2.44. The Balaban J connectivity index is 1.12. The second-order valence-corrected chi connectivity index (χ2v) is 32.3. The van der Waals surface area contributed by atoms with Crippen LogP contribution in [0.5, 0.6) is 0 Å². The number of aromatic nitrogens is 3. The van der Waals surface area contributed by atoms with E-state index in [0.29, 0.717) is 17.6 Å². The molecule has 0 unspecified atom stereocenters. The molecule has 0 amide bonds. The van der Waals surface area contributed by atoms with Crippen LogP contribution in [0.2, 0.25) is 0 Å². The van der Waals surface area contributed by atoms with E-state index in [-0.39, 0.29) is 0 Å². The van der Waals surface area contributed by atoms with Gasteiger partial charge in [-0.2, -0.15) is 9.97 Å². The number of benzene rings is 12. The molecule has 0 saturated heterocycles. The van der Waals surface area contributed by atoms with Crippen LogP contribution < -0.4 is 67.1 Å². The molecule has 14 rings (SSSR count). The van der Waals surface area contributed by atoms with Gasteiger partial charge < -0.3 is 0 Å². The minimum atomic E-state index is -3.23. The second-order valence-electron chi connectivity index (χ2n) is 21.0. The lowest BCUT2D eigenvalue weighted by Crippen LogP contribution is -2.78. The zero-order valence-corrected chi connectivity index (χ0v) is 48.1. The van der Waals surface area contributed by atoms with Gasteiger partial charge in [-0.1, -0.05) is 328 Å². The maximum absolute atomic E-state index is 5.88. The third-order valence-corrected chi connectivity index (χ3v) is 31.0. The Morgan fingerprint density at radius 1 is 0.244 bits per heavy atom. The lowest BCUT2D eigenvalue weighted by atomic mass is 10.2. The summed E-state index contributed by atoms with van der Waals surface area (Å²) in [5, 5.41) is 15.4. The lowest BCUT2D eigenvalue weighted by molar-refractivity contribution is 1.02. The molecule has 1 aliphatic rings. The van der Waals surface area contributed by atoms with E-state index < -0.39 is 24.2 Å². The number of para-hydroxylation sites is 2. The number of nitrogens with zero attached hydrogens (tertiary/aromatic N) is 4. The Kier molecular flexibility index (Phi) is 13.3. The Hall–Kier alpha value is -9.90. The number of hydrogen-bond donors (Lipinski definition) is 0. The largest absolute Gasteiger partial charge is 0.279 e. The zero-order chi connectivity index (χ0) is 54.8. The van der Waals surface area contributed by atoms with E-state index in [2.05, 4.69) is 345 Å². The van der Waals surface area contributed by atoms with Crippen LogP contribution in [0.4, 0.5) is 17.3 Å². The highest BCUT2D eigenvalue weighted by atomic mass is 28.3. The van der Waals surface area contributed by atoms with Gasteiger partial charge in [0.05, 0.1) is 0 Å². The normalized spacial score (nSPS) is 12.7. The van der Waals surface area contributed by atoms with Crippen molar-refractivity contribution in [2.75, 3.05) is 4.90 Å². The molecular formula is C75H56N4Si3. The van der Waals surface area contributed by atoms with Crippen molar-refractivity contribution >= 4 is 104 Å². The molecule has 0 atom stereocenters. The zero-order valence-electron chi connectivity index (χ0n) is 45.1. The molecule has 0 N–H and O–H groups in total. The molecule has 0 aliphatic carbocycles. The number of rotatable bonds is 13. The summed E-state index contributed by atoms with van der Waals surface area (Å²) in [6.45, 7) is 0. The molecule has 388 valence electrons. The fraction of sp³-hybridized carbons (Fsp3) is 0. The topological polar surface area (TPSA) is 41.9 Å². The smallest absolute Gasteiger partial charge is 0.238 e. The molecule has 82 heavy (non-hydrogen) atoms. The summed E-state index contributed by atoms with van der Waals surface area (Å²) in [5.74, 6) is 1.74. The maximum atomic E-state index is 5.88. The fourth-order valence-corrected chi connectivity index (χ4v) is 28.1. The quantitative estimate of drug-likeness (QED) is 0.0855. The number of fused-ring (bicyclic) bond motifs is 2. The van der Waals surface area contributed by atoms with Gasteiger partial charge in [-0.3, -0.25) is 4.90 Å². The predicted octanol–water partition coefficient (Wildman–Crippen LogP) is 9.12. The van der Waals surface area contributed by atoms with Crippen LogP contribution in [0.25, 0.3) is 22.8 Å². The summed E-state index contributed by atoms with van der Waals surface area (Å²) >= 11 is 0. The van der Waals surface area contributed by atoms with Crippen LogP contribution in [-0.2, 0) is 0 Å². The van der Waals surface area contributed by atoms with Crippen LogP contribution >= 0.6 is 0 Å². The molecule has 0 radical (unpaired) electrons. The minimum Gasteiger partial charge on any atom is -0.279 e. The Labute approximate surface area is 483 Å². The van der Waals surface area contributed by atoms with E-state index in [0.717, 1.165) is 22.5 Å². The highest BCUT2D eigenvalue weighted by molar-refractivity contribution is 7.22. The minimum absolute atomic E-state index is 0.551. The van der Waals surface area contributed by atoms with Gasteiger partial charge in [0, 0.05) is 22.5 Å². The highest BCUT2D eigenvalue weighted by Gasteiger charge is 2.50. The first-order valence-corrected chi connectivity index (χ1v) is 34.1. The third-order valence-electron chi connectivity index (χ3n) is 16.7. The maximum Gasteiger partial charge on any atom is 0.238 e. The van der Waals surface area contributed by atoms with Gasteiger partial charge in [0.15, 0.2) is 35.9 Å². The summed E-state index contributed by atoms with van der Waals surface area (Å²) in [6.07, 6.45) is 0. The first-order chi connectivity index (χ1) is 40.7. The van der Waals surface area contributed by atoms with Gasteiger partial charge in [-0.25, -0.2) is 4.98 Å². The number of anilines is 3. The van der Waals surface area contributed by atoms with Gasteiger partial charge in [0.25, 0.3) is 0 Å². The number of hydrogen-bond acceptors (Lipinski definition) is 4. The van der Waals surface area contributed by atoms with Gasteiger partial charge in [-0.05, 0) is 74.4 Å². The van der Waals surface area contributed by atoms with Crippen molar-refractivity contribution in [1.29, 1.82) is 0 Å².